The van der Waals surface area contributed by atoms with Gasteiger partial charge in [0.15, 0.2) is 0 Å². The Morgan fingerprint density at radius 1 is 1.14 bits per heavy atom. The van der Waals surface area contributed by atoms with E-state index in [0.29, 0.717) is 13.1 Å². The first kappa shape index (κ1) is 25.5. The van der Waals surface area contributed by atoms with Crippen LogP contribution in [0.25, 0.3) is 0 Å². The van der Waals surface area contributed by atoms with Crippen molar-refractivity contribution in [2.45, 2.75) is 72.1 Å². The highest BCUT2D eigenvalue weighted by Crippen LogP contribution is 2.22. The number of hydrogen-bond donors (Lipinski definition) is 0. The average molecular weight is 408 g/mol. The standard InChI is InChI=1S/C23H41N3O3/c1-17(2)19(21(28)29-22(3,4)5)25(10)20(27)18-12-15-26(16-18)14-11-13-23(6,7)24(8)9/h17-19H,12,14-16H2,1-10H3/t18-,19-/m0/s1. The number of esters is 1. The Bertz CT molecular complexity index is 638. The van der Waals surface area contributed by atoms with Gasteiger partial charge in [-0.3, -0.25) is 14.6 Å². The van der Waals surface area contributed by atoms with Crippen LogP contribution in [0.2, 0.25) is 0 Å². The molecule has 1 fully saturated rings. The van der Waals surface area contributed by atoms with Crippen LogP contribution in [0.4, 0.5) is 0 Å². The van der Waals surface area contributed by atoms with Gasteiger partial charge in [0.25, 0.3) is 0 Å². The molecular weight excluding hydrogens is 366 g/mol. The van der Waals surface area contributed by atoms with Crippen LogP contribution in [0, 0.1) is 23.7 Å². The fraction of sp³-hybridized carbons (Fsp3) is 0.826. The molecule has 6 nitrogen and oxygen atoms in total. The number of likely N-dealkylation sites (tertiary alicyclic amines) is 1. The normalized spacial score (nSPS) is 19.1. The van der Waals surface area contributed by atoms with E-state index in [1.54, 1.807) is 11.9 Å². The SMILES string of the molecule is CC(C)[C@@H](C(=O)OC(C)(C)C)N(C)C(=O)[C@H]1CCN(CC#CC(C)(C)N(C)C)C1. The topological polar surface area (TPSA) is 53.1 Å². The van der Waals surface area contributed by atoms with Gasteiger partial charge >= 0.3 is 5.97 Å². The molecule has 1 aliphatic rings. The number of rotatable bonds is 6. The van der Waals surface area contributed by atoms with Gasteiger partial charge in [-0.1, -0.05) is 25.7 Å². The largest absolute Gasteiger partial charge is 0.458 e. The molecule has 0 spiro atoms. The van der Waals surface area contributed by atoms with Crippen molar-refractivity contribution in [3.8, 4) is 11.8 Å². The summed E-state index contributed by atoms with van der Waals surface area (Å²) in [5.74, 6) is 6.11. The van der Waals surface area contributed by atoms with Gasteiger partial charge in [-0.25, -0.2) is 4.79 Å². The van der Waals surface area contributed by atoms with E-state index in [1.807, 2.05) is 48.7 Å². The summed E-state index contributed by atoms with van der Waals surface area (Å²) in [5.41, 5.74) is -0.746. The van der Waals surface area contributed by atoms with Crippen LogP contribution in [-0.2, 0) is 14.3 Å². The zero-order valence-electron chi connectivity index (χ0n) is 20.1. The fourth-order valence-corrected chi connectivity index (χ4v) is 3.32. The molecule has 1 saturated heterocycles. The number of likely N-dealkylation sites (N-methyl/N-ethyl adjacent to an activating group) is 1. The Morgan fingerprint density at radius 3 is 2.21 bits per heavy atom. The Hall–Kier alpha value is -1.58. The molecule has 0 radical (unpaired) electrons. The summed E-state index contributed by atoms with van der Waals surface area (Å²) >= 11 is 0. The van der Waals surface area contributed by atoms with Gasteiger partial charge in [-0.15, -0.1) is 0 Å². The Balaban J connectivity index is 2.74. The highest BCUT2D eigenvalue weighted by molar-refractivity contribution is 5.86. The van der Waals surface area contributed by atoms with E-state index >= 15 is 0 Å². The van der Waals surface area contributed by atoms with Gasteiger partial charge in [0.1, 0.15) is 11.6 Å². The van der Waals surface area contributed by atoms with Gasteiger partial charge in [-0.05, 0) is 67.6 Å². The molecule has 0 bridgehead atoms. The maximum atomic E-state index is 13.1. The second kappa shape index (κ2) is 9.95. The van der Waals surface area contributed by atoms with Crippen molar-refractivity contribution in [1.29, 1.82) is 0 Å². The lowest BCUT2D eigenvalue weighted by Gasteiger charge is -2.33. The molecule has 0 saturated carbocycles. The van der Waals surface area contributed by atoms with Crippen LogP contribution in [0.3, 0.4) is 0 Å². The maximum absolute atomic E-state index is 13.1. The number of carbonyl (C=O) groups excluding carboxylic acids is 2. The van der Waals surface area contributed by atoms with E-state index in [4.69, 9.17) is 4.74 Å². The molecule has 2 atom stereocenters. The third kappa shape index (κ3) is 7.64. The summed E-state index contributed by atoms with van der Waals surface area (Å²) in [7, 11) is 5.76. The average Bonchev–Trinajstić information content (AvgIpc) is 3.00. The number of nitrogens with zero attached hydrogens (tertiary/aromatic N) is 3. The van der Waals surface area contributed by atoms with E-state index in [2.05, 4.69) is 35.5 Å². The molecular formula is C23H41N3O3. The second-order valence-electron chi connectivity index (χ2n) is 10.1. The van der Waals surface area contributed by atoms with Gasteiger partial charge < -0.3 is 9.64 Å². The maximum Gasteiger partial charge on any atom is 0.329 e. The van der Waals surface area contributed by atoms with Crippen LogP contribution in [0.15, 0.2) is 0 Å². The summed E-state index contributed by atoms with van der Waals surface area (Å²) in [6.45, 7) is 15.8. The minimum atomic E-state index is -0.573. The van der Waals surface area contributed by atoms with Crippen LogP contribution in [0.5, 0.6) is 0 Å². The van der Waals surface area contributed by atoms with Crippen molar-refractivity contribution in [3.05, 3.63) is 0 Å². The lowest BCUT2D eigenvalue weighted by Crippen LogP contribution is -2.50. The van der Waals surface area contributed by atoms with E-state index in [-0.39, 0.29) is 29.3 Å². The highest BCUT2D eigenvalue weighted by atomic mass is 16.6. The number of hydrogen-bond acceptors (Lipinski definition) is 5. The first-order valence-electron chi connectivity index (χ1n) is 10.5. The summed E-state index contributed by atoms with van der Waals surface area (Å²) in [5, 5.41) is 0. The van der Waals surface area contributed by atoms with Gasteiger partial charge in [0.05, 0.1) is 18.0 Å². The predicted octanol–water partition coefficient (Wildman–Crippen LogP) is 2.48. The van der Waals surface area contributed by atoms with Crippen LogP contribution < -0.4 is 0 Å². The van der Waals surface area contributed by atoms with Crippen molar-refractivity contribution in [1.82, 2.24) is 14.7 Å². The zero-order chi connectivity index (χ0) is 22.6. The fourth-order valence-electron chi connectivity index (χ4n) is 3.32. The smallest absolute Gasteiger partial charge is 0.329 e. The van der Waals surface area contributed by atoms with E-state index in [0.717, 1.165) is 13.0 Å². The van der Waals surface area contributed by atoms with Gasteiger partial charge in [0, 0.05) is 13.6 Å². The van der Waals surface area contributed by atoms with Crippen molar-refractivity contribution in [3.63, 3.8) is 0 Å². The molecule has 0 aromatic rings. The van der Waals surface area contributed by atoms with Gasteiger partial charge in [0.2, 0.25) is 5.91 Å². The molecule has 0 aromatic heterocycles. The lowest BCUT2D eigenvalue weighted by molar-refractivity contribution is -0.166. The summed E-state index contributed by atoms with van der Waals surface area (Å²) in [4.78, 5) is 31.6. The number of amides is 1. The molecule has 1 heterocycles. The Morgan fingerprint density at radius 2 is 1.72 bits per heavy atom. The van der Waals surface area contributed by atoms with E-state index in [1.165, 1.54) is 0 Å². The molecule has 29 heavy (non-hydrogen) atoms. The Kier molecular flexibility index (Phi) is 8.74. The van der Waals surface area contributed by atoms with E-state index in [9.17, 15) is 9.59 Å². The molecule has 1 amide bonds. The van der Waals surface area contributed by atoms with Crippen molar-refractivity contribution in [2.24, 2.45) is 11.8 Å². The predicted molar refractivity (Wildman–Crippen MR) is 117 cm³/mol. The van der Waals surface area contributed by atoms with Gasteiger partial charge in [-0.2, -0.15) is 0 Å². The third-order valence-corrected chi connectivity index (χ3v) is 5.48. The molecule has 0 aliphatic carbocycles. The summed E-state index contributed by atoms with van der Waals surface area (Å²) in [6, 6.07) is -0.573. The zero-order valence-corrected chi connectivity index (χ0v) is 20.1. The Labute approximate surface area is 177 Å². The highest BCUT2D eigenvalue weighted by Gasteiger charge is 2.38. The van der Waals surface area contributed by atoms with Crippen LogP contribution in [-0.4, -0.2) is 84.5 Å². The molecule has 0 N–H and O–H groups in total. The lowest BCUT2D eigenvalue weighted by atomic mass is 9.99. The van der Waals surface area contributed by atoms with Crippen LogP contribution in [0.1, 0.15) is 54.9 Å². The molecule has 1 aliphatic heterocycles. The monoisotopic (exact) mass is 407 g/mol. The molecule has 6 heteroatoms. The first-order valence-corrected chi connectivity index (χ1v) is 10.5. The third-order valence-electron chi connectivity index (χ3n) is 5.48. The second-order valence-corrected chi connectivity index (χ2v) is 10.1. The van der Waals surface area contributed by atoms with E-state index < -0.39 is 11.6 Å². The first-order chi connectivity index (χ1) is 13.2. The minimum absolute atomic E-state index is 0.0126. The molecule has 0 aromatic carbocycles. The van der Waals surface area contributed by atoms with Crippen molar-refractivity contribution in [2.75, 3.05) is 40.8 Å². The molecule has 1 rings (SSSR count). The minimum Gasteiger partial charge on any atom is -0.458 e. The number of carbonyl (C=O) groups is 2. The quantitative estimate of drug-likeness (QED) is 0.500. The number of ether oxygens (including phenoxy) is 1. The van der Waals surface area contributed by atoms with Crippen molar-refractivity contribution >= 4 is 11.9 Å². The van der Waals surface area contributed by atoms with Crippen molar-refractivity contribution < 1.29 is 14.3 Å². The molecule has 0 unspecified atom stereocenters. The van der Waals surface area contributed by atoms with Crippen LogP contribution >= 0.6 is 0 Å². The molecule has 166 valence electrons. The summed E-state index contributed by atoms with van der Waals surface area (Å²) in [6.07, 6.45) is 0.793. The summed E-state index contributed by atoms with van der Waals surface area (Å²) < 4.78 is 5.55.